The predicted octanol–water partition coefficient (Wildman–Crippen LogP) is 1.29. The molecule has 3 aliphatic carbocycles. The van der Waals surface area contributed by atoms with Crippen molar-refractivity contribution in [1.29, 1.82) is 0 Å². The maximum absolute atomic E-state index is 12.2. The third kappa shape index (κ3) is 0.974. The molecule has 1 saturated heterocycles. The van der Waals surface area contributed by atoms with E-state index < -0.39 is 12.2 Å². The van der Waals surface area contributed by atoms with Gasteiger partial charge in [-0.15, -0.1) is 0 Å². The first-order chi connectivity index (χ1) is 8.11. The van der Waals surface area contributed by atoms with Crippen LogP contribution in [0.15, 0.2) is 23.3 Å². The zero-order valence-electron chi connectivity index (χ0n) is 9.84. The second-order valence-corrected chi connectivity index (χ2v) is 5.73. The molecule has 4 rings (SSSR count). The Morgan fingerprint density at radius 2 is 1.47 bits per heavy atom. The standard InChI is InChI=1S/C14H14O3/c1-5(2)8-6-3-4-7(8)10-9(6)11(15)13-14(17-13)12(10)16/h3-4,6-7,9-10,13-14H,1-2H3/t6-,7-,9+,10+,13-,14+/m0/s1. The molecule has 6 atom stereocenters. The van der Waals surface area contributed by atoms with Crippen molar-refractivity contribution in [2.24, 2.45) is 23.7 Å². The number of ether oxygens (including phenoxy) is 1. The molecular formula is C14H14O3. The van der Waals surface area contributed by atoms with Gasteiger partial charge >= 0.3 is 0 Å². The number of hydrogen-bond acceptors (Lipinski definition) is 3. The Hall–Kier alpha value is -1.22. The van der Waals surface area contributed by atoms with Crippen LogP contribution in [0.25, 0.3) is 0 Å². The first-order valence-electron chi connectivity index (χ1n) is 6.20. The van der Waals surface area contributed by atoms with Crippen molar-refractivity contribution in [1.82, 2.24) is 0 Å². The molecule has 0 aromatic heterocycles. The topological polar surface area (TPSA) is 46.7 Å². The minimum atomic E-state index is -0.407. The third-order valence-corrected chi connectivity index (χ3v) is 4.69. The van der Waals surface area contributed by atoms with E-state index in [-0.39, 0.29) is 35.2 Å². The minimum Gasteiger partial charge on any atom is -0.353 e. The van der Waals surface area contributed by atoms with Gasteiger partial charge in [0.05, 0.1) is 0 Å². The summed E-state index contributed by atoms with van der Waals surface area (Å²) in [5.74, 6) is 0.385. The highest BCUT2D eigenvalue weighted by Crippen LogP contribution is 2.58. The molecule has 17 heavy (non-hydrogen) atoms. The van der Waals surface area contributed by atoms with Gasteiger partial charge in [-0.1, -0.05) is 23.3 Å². The highest BCUT2D eigenvalue weighted by molar-refractivity contribution is 6.07. The predicted molar refractivity (Wildman–Crippen MR) is 60.1 cm³/mol. The first-order valence-corrected chi connectivity index (χ1v) is 6.20. The van der Waals surface area contributed by atoms with E-state index >= 15 is 0 Å². The van der Waals surface area contributed by atoms with E-state index in [0.717, 1.165) is 0 Å². The van der Waals surface area contributed by atoms with Crippen molar-refractivity contribution in [3.05, 3.63) is 23.3 Å². The molecule has 0 N–H and O–H groups in total. The smallest absolute Gasteiger partial charge is 0.169 e. The molecule has 3 heteroatoms. The average Bonchev–Trinajstić information content (AvgIpc) is 2.89. The molecule has 0 aromatic carbocycles. The van der Waals surface area contributed by atoms with Crippen molar-refractivity contribution in [3.8, 4) is 0 Å². The fourth-order valence-electron chi connectivity index (χ4n) is 4.04. The van der Waals surface area contributed by atoms with Crippen LogP contribution < -0.4 is 0 Å². The summed E-state index contributed by atoms with van der Waals surface area (Å²) in [5, 5.41) is 0. The van der Waals surface area contributed by atoms with Gasteiger partial charge in [-0.2, -0.15) is 0 Å². The summed E-state index contributed by atoms with van der Waals surface area (Å²) in [6.07, 6.45) is 3.41. The number of rotatable bonds is 0. The number of fused-ring (bicyclic) bond motifs is 6. The van der Waals surface area contributed by atoms with Gasteiger partial charge in [-0.05, 0) is 13.8 Å². The van der Waals surface area contributed by atoms with Crippen LogP contribution in [-0.2, 0) is 14.3 Å². The van der Waals surface area contributed by atoms with Crippen molar-refractivity contribution >= 4 is 11.6 Å². The highest BCUT2D eigenvalue weighted by Gasteiger charge is 2.67. The number of Topliss-reactive ketones (excluding diaryl/α,β-unsaturated/α-hetero) is 2. The lowest BCUT2D eigenvalue weighted by Gasteiger charge is -2.26. The summed E-state index contributed by atoms with van der Waals surface area (Å²) in [7, 11) is 0. The molecule has 4 aliphatic rings. The molecule has 2 bridgehead atoms. The number of carbonyl (C=O) groups is 2. The fourth-order valence-corrected chi connectivity index (χ4v) is 4.04. The molecule has 0 spiro atoms. The van der Waals surface area contributed by atoms with Gasteiger partial charge in [0, 0.05) is 23.7 Å². The Morgan fingerprint density at radius 1 is 1.00 bits per heavy atom. The zero-order valence-corrected chi connectivity index (χ0v) is 9.84. The van der Waals surface area contributed by atoms with Gasteiger partial charge in [0.15, 0.2) is 23.8 Å². The van der Waals surface area contributed by atoms with Gasteiger partial charge in [0.25, 0.3) is 0 Å². The average molecular weight is 230 g/mol. The van der Waals surface area contributed by atoms with Gasteiger partial charge < -0.3 is 4.74 Å². The van der Waals surface area contributed by atoms with E-state index in [0.29, 0.717) is 0 Å². The van der Waals surface area contributed by atoms with Crippen LogP contribution >= 0.6 is 0 Å². The summed E-state index contributed by atoms with van der Waals surface area (Å²) in [6.45, 7) is 4.15. The molecule has 0 aromatic rings. The normalized spacial score (nSPS) is 49.4. The Bertz CT molecular complexity index is 472. The second kappa shape index (κ2) is 2.78. The molecule has 0 amide bonds. The molecular weight excluding hydrogens is 216 g/mol. The van der Waals surface area contributed by atoms with Crippen molar-refractivity contribution in [2.75, 3.05) is 0 Å². The van der Waals surface area contributed by atoms with Crippen molar-refractivity contribution in [2.45, 2.75) is 26.1 Å². The molecule has 3 fully saturated rings. The Kier molecular flexibility index (Phi) is 1.60. The van der Waals surface area contributed by atoms with Crippen LogP contribution in [0.4, 0.5) is 0 Å². The second-order valence-electron chi connectivity index (χ2n) is 5.73. The summed E-state index contributed by atoms with van der Waals surface area (Å²) in [5.41, 5.74) is 2.57. The summed E-state index contributed by atoms with van der Waals surface area (Å²) in [4.78, 5) is 24.4. The molecule has 3 nitrogen and oxygen atoms in total. The lowest BCUT2D eigenvalue weighted by atomic mass is 9.72. The van der Waals surface area contributed by atoms with E-state index in [4.69, 9.17) is 4.74 Å². The summed E-state index contributed by atoms with van der Waals surface area (Å²) >= 11 is 0. The number of allylic oxidation sites excluding steroid dienone is 4. The van der Waals surface area contributed by atoms with Crippen LogP contribution in [0, 0.1) is 23.7 Å². The van der Waals surface area contributed by atoms with Crippen molar-refractivity contribution in [3.63, 3.8) is 0 Å². The van der Waals surface area contributed by atoms with Crippen molar-refractivity contribution < 1.29 is 14.3 Å². The van der Waals surface area contributed by atoms with E-state index in [1.807, 2.05) is 0 Å². The van der Waals surface area contributed by atoms with Crippen LogP contribution in [0.2, 0.25) is 0 Å². The Balaban J connectivity index is 1.87. The van der Waals surface area contributed by atoms with E-state index in [9.17, 15) is 9.59 Å². The number of hydrogen-bond donors (Lipinski definition) is 0. The lowest BCUT2D eigenvalue weighted by Crippen LogP contribution is -2.43. The largest absolute Gasteiger partial charge is 0.353 e. The number of carbonyl (C=O) groups excluding carboxylic acids is 2. The maximum Gasteiger partial charge on any atom is 0.169 e. The molecule has 88 valence electrons. The van der Waals surface area contributed by atoms with E-state index in [1.54, 1.807) is 0 Å². The van der Waals surface area contributed by atoms with Gasteiger partial charge in [-0.3, -0.25) is 9.59 Å². The molecule has 1 heterocycles. The summed E-state index contributed by atoms with van der Waals surface area (Å²) < 4.78 is 5.22. The summed E-state index contributed by atoms with van der Waals surface area (Å²) in [6, 6.07) is 0. The van der Waals surface area contributed by atoms with E-state index in [2.05, 4.69) is 26.0 Å². The fraction of sp³-hybridized carbons (Fsp3) is 0.571. The van der Waals surface area contributed by atoms with Crippen LogP contribution in [0.1, 0.15) is 13.8 Å². The lowest BCUT2D eigenvalue weighted by molar-refractivity contribution is -0.135. The molecule has 0 radical (unpaired) electrons. The van der Waals surface area contributed by atoms with E-state index in [1.165, 1.54) is 11.1 Å². The van der Waals surface area contributed by atoms with Gasteiger partial charge in [0.1, 0.15) is 0 Å². The van der Waals surface area contributed by atoms with Crippen LogP contribution in [0.3, 0.4) is 0 Å². The van der Waals surface area contributed by atoms with Gasteiger partial charge in [0.2, 0.25) is 0 Å². The monoisotopic (exact) mass is 230 g/mol. The maximum atomic E-state index is 12.2. The SMILES string of the molecule is CC(C)=C1[C@@H]2C=C[C@@H]1[C@H]1C(=O)[C@@H]3O[C@@H]3C(=O)[C@@H]12. The molecule has 2 saturated carbocycles. The Labute approximate surface area is 99.5 Å². The third-order valence-electron chi connectivity index (χ3n) is 4.69. The van der Waals surface area contributed by atoms with Gasteiger partial charge in [-0.25, -0.2) is 0 Å². The number of ketones is 2. The zero-order chi connectivity index (χ0) is 11.9. The quantitative estimate of drug-likeness (QED) is 0.465. The molecule has 0 unspecified atom stereocenters. The molecule has 1 aliphatic heterocycles. The first kappa shape index (κ1) is 9.77. The highest BCUT2D eigenvalue weighted by atomic mass is 16.6. The Morgan fingerprint density at radius 3 is 1.88 bits per heavy atom. The number of epoxide rings is 1. The van der Waals surface area contributed by atoms with Crippen LogP contribution in [-0.4, -0.2) is 23.8 Å². The van der Waals surface area contributed by atoms with Crippen LogP contribution in [0.5, 0.6) is 0 Å². The minimum absolute atomic E-state index is 0.133.